The molecule has 2 aromatic carbocycles. The number of carbonyl (C=O) groups is 1. The number of aromatic amines is 1. The van der Waals surface area contributed by atoms with Gasteiger partial charge in [0.2, 0.25) is 0 Å². The summed E-state index contributed by atoms with van der Waals surface area (Å²) >= 11 is 11.8. The van der Waals surface area contributed by atoms with Crippen LogP contribution in [0, 0.1) is 0 Å². The first-order chi connectivity index (χ1) is 11.1. The first kappa shape index (κ1) is 15.5. The van der Waals surface area contributed by atoms with Crippen LogP contribution in [0.4, 0.5) is 0 Å². The molecular weight excluding hydrogens is 333 g/mol. The predicted molar refractivity (Wildman–Crippen MR) is 90.4 cm³/mol. The van der Waals surface area contributed by atoms with Gasteiger partial charge in [0.1, 0.15) is 5.69 Å². The maximum absolute atomic E-state index is 12.4. The number of rotatable bonds is 2. The third-order valence-electron chi connectivity index (χ3n) is 3.17. The van der Waals surface area contributed by atoms with Crippen LogP contribution in [0.15, 0.2) is 65.8 Å². The lowest BCUT2D eigenvalue weighted by Gasteiger charge is -2.02. The molecule has 0 saturated carbocycles. The van der Waals surface area contributed by atoms with Gasteiger partial charge in [-0.05, 0) is 24.3 Å². The molecule has 4 nitrogen and oxygen atoms in total. The minimum Gasteiger partial charge on any atom is -0.285 e. The molecule has 0 fully saturated rings. The molecule has 3 rings (SSSR count). The van der Waals surface area contributed by atoms with E-state index in [1.165, 1.54) is 6.07 Å². The maximum Gasteiger partial charge on any atom is 0.277 e. The molecule has 0 unspecified atom stereocenters. The molecular formula is C17H11Cl2N3O. The van der Waals surface area contributed by atoms with Crippen molar-refractivity contribution in [1.82, 2.24) is 10.2 Å². The summed E-state index contributed by atoms with van der Waals surface area (Å²) in [7, 11) is 0. The Hall–Kier alpha value is -2.43. The highest BCUT2D eigenvalue weighted by atomic mass is 35.5. The van der Waals surface area contributed by atoms with E-state index in [2.05, 4.69) is 15.2 Å². The van der Waals surface area contributed by atoms with E-state index in [9.17, 15) is 4.79 Å². The summed E-state index contributed by atoms with van der Waals surface area (Å²) in [6.45, 7) is 0. The largest absolute Gasteiger partial charge is 0.285 e. The number of benzene rings is 2. The number of hydrogen-bond acceptors (Lipinski definition) is 2. The number of amides is 1. The normalized spacial score (nSPS) is 11.5. The van der Waals surface area contributed by atoms with E-state index in [-0.39, 0.29) is 0 Å². The van der Waals surface area contributed by atoms with Crippen molar-refractivity contribution in [1.29, 1.82) is 0 Å². The van der Waals surface area contributed by atoms with E-state index in [0.717, 1.165) is 5.56 Å². The number of hydrogen-bond donors (Lipinski definition) is 1. The Morgan fingerprint density at radius 2 is 1.78 bits per heavy atom. The highest BCUT2D eigenvalue weighted by Crippen LogP contribution is 2.22. The first-order valence-electron chi connectivity index (χ1n) is 6.79. The van der Waals surface area contributed by atoms with Gasteiger partial charge in [0.05, 0.1) is 15.4 Å². The van der Waals surface area contributed by atoms with E-state index >= 15 is 0 Å². The zero-order valence-electron chi connectivity index (χ0n) is 11.8. The highest BCUT2D eigenvalue weighted by molar-refractivity contribution is 6.42. The fourth-order valence-corrected chi connectivity index (χ4v) is 2.35. The Kier molecular flexibility index (Phi) is 4.55. The van der Waals surface area contributed by atoms with Gasteiger partial charge in [-0.25, -0.2) is 4.99 Å². The van der Waals surface area contributed by atoms with Crippen LogP contribution in [0.2, 0.25) is 10.0 Å². The van der Waals surface area contributed by atoms with Crippen LogP contribution < -0.4 is 5.36 Å². The van der Waals surface area contributed by atoms with Gasteiger partial charge in [0.15, 0.2) is 0 Å². The molecule has 0 bridgehead atoms. The van der Waals surface area contributed by atoms with Gasteiger partial charge in [0, 0.05) is 17.3 Å². The molecule has 6 heteroatoms. The molecule has 0 radical (unpaired) electrons. The third kappa shape index (κ3) is 3.50. The Morgan fingerprint density at radius 1 is 1.00 bits per heavy atom. The Labute approximate surface area is 142 Å². The van der Waals surface area contributed by atoms with Crippen LogP contribution in [0.5, 0.6) is 0 Å². The summed E-state index contributed by atoms with van der Waals surface area (Å²) in [6, 6.07) is 15.9. The number of aromatic nitrogens is 2. The third-order valence-corrected chi connectivity index (χ3v) is 3.91. The summed E-state index contributed by atoms with van der Waals surface area (Å²) in [4.78, 5) is 16.5. The molecule has 0 atom stereocenters. The molecule has 23 heavy (non-hydrogen) atoms. The van der Waals surface area contributed by atoms with Crippen molar-refractivity contribution >= 4 is 29.1 Å². The number of H-pyrrole nitrogens is 1. The molecule has 3 aromatic rings. The monoisotopic (exact) mass is 343 g/mol. The quantitative estimate of drug-likeness (QED) is 0.760. The lowest BCUT2D eigenvalue weighted by molar-refractivity contribution is 0.0998. The second-order valence-corrected chi connectivity index (χ2v) is 5.53. The second-order valence-electron chi connectivity index (χ2n) is 4.72. The van der Waals surface area contributed by atoms with E-state index < -0.39 is 5.91 Å². The molecule has 0 aliphatic rings. The summed E-state index contributed by atoms with van der Waals surface area (Å²) in [5.41, 5.74) is 1.83. The molecule has 1 aromatic heterocycles. The topological polar surface area (TPSA) is 58.1 Å². The number of nitrogens with one attached hydrogen (secondary N) is 1. The molecule has 114 valence electrons. The maximum atomic E-state index is 12.4. The minimum absolute atomic E-state index is 0.315. The van der Waals surface area contributed by atoms with Crippen molar-refractivity contribution in [3.8, 4) is 11.3 Å². The van der Waals surface area contributed by atoms with Gasteiger partial charge in [0.25, 0.3) is 5.91 Å². The summed E-state index contributed by atoms with van der Waals surface area (Å²) in [5, 5.41) is 8.16. The summed E-state index contributed by atoms with van der Waals surface area (Å²) in [6.07, 6.45) is 1.62. The zero-order valence-corrected chi connectivity index (χ0v) is 13.3. The van der Waals surface area contributed by atoms with Crippen LogP contribution in [-0.2, 0) is 0 Å². The first-order valence-corrected chi connectivity index (χ1v) is 7.54. The average molecular weight is 344 g/mol. The molecule has 1 heterocycles. The van der Waals surface area contributed by atoms with Crippen molar-refractivity contribution in [2.45, 2.75) is 0 Å². The Morgan fingerprint density at radius 3 is 2.52 bits per heavy atom. The molecule has 0 saturated heterocycles. The van der Waals surface area contributed by atoms with Crippen LogP contribution in [0.3, 0.4) is 0 Å². The number of carbonyl (C=O) groups excluding carboxylic acids is 1. The van der Waals surface area contributed by atoms with Crippen LogP contribution in [-0.4, -0.2) is 16.1 Å². The van der Waals surface area contributed by atoms with Crippen molar-refractivity contribution < 1.29 is 4.79 Å². The van der Waals surface area contributed by atoms with E-state index in [4.69, 9.17) is 23.2 Å². The van der Waals surface area contributed by atoms with Gasteiger partial charge in [-0.1, -0.05) is 53.5 Å². The van der Waals surface area contributed by atoms with Crippen LogP contribution >= 0.6 is 23.2 Å². The van der Waals surface area contributed by atoms with Gasteiger partial charge >= 0.3 is 0 Å². The predicted octanol–water partition coefficient (Wildman–Crippen LogP) is 4.12. The lowest BCUT2D eigenvalue weighted by atomic mass is 10.1. The number of nitrogens with zero attached hydrogens (tertiary/aromatic N) is 2. The van der Waals surface area contributed by atoms with E-state index in [0.29, 0.717) is 26.7 Å². The fraction of sp³-hybridized carbons (Fsp3) is 0. The van der Waals surface area contributed by atoms with Crippen molar-refractivity contribution in [2.24, 2.45) is 4.99 Å². The summed E-state index contributed by atoms with van der Waals surface area (Å²) in [5.74, 6) is -0.409. The van der Waals surface area contributed by atoms with Crippen molar-refractivity contribution in [3.63, 3.8) is 0 Å². The Balaban J connectivity index is 2.06. The SMILES string of the molecule is O=C(N=c1cc[nH]nc1-c1ccccc1)c1ccc(Cl)c(Cl)c1. The summed E-state index contributed by atoms with van der Waals surface area (Å²) < 4.78 is 0. The minimum atomic E-state index is -0.409. The smallest absolute Gasteiger partial charge is 0.277 e. The Bertz CT molecular complexity index is 920. The van der Waals surface area contributed by atoms with Gasteiger partial charge in [-0.2, -0.15) is 5.10 Å². The van der Waals surface area contributed by atoms with Crippen molar-refractivity contribution in [2.75, 3.05) is 0 Å². The average Bonchev–Trinajstić information content (AvgIpc) is 2.58. The van der Waals surface area contributed by atoms with E-state index in [1.54, 1.807) is 24.4 Å². The molecule has 1 N–H and O–H groups in total. The standard InChI is InChI=1S/C17H11Cl2N3O/c18-13-7-6-12(10-14(13)19)17(23)21-15-8-9-20-22-16(15)11-4-2-1-3-5-11/h1-10H,(H,20,21,23). The highest BCUT2D eigenvalue weighted by Gasteiger charge is 2.08. The van der Waals surface area contributed by atoms with E-state index in [1.807, 2.05) is 30.3 Å². The lowest BCUT2D eigenvalue weighted by Crippen LogP contribution is -2.12. The second kappa shape index (κ2) is 6.77. The van der Waals surface area contributed by atoms with Crippen LogP contribution in [0.1, 0.15) is 10.4 Å². The fourth-order valence-electron chi connectivity index (χ4n) is 2.06. The van der Waals surface area contributed by atoms with Gasteiger partial charge in [-0.15, -0.1) is 0 Å². The zero-order chi connectivity index (χ0) is 16.2. The molecule has 1 amide bonds. The molecule has 0 spiro atoms. The van der Waals surface area contributed by atoms with Gasteiger partial charge < -0.3 is 0 Å². The molecule has 0 aliphatic heterocycles. The number of halogens is 2. The van der Waals surface area contributed by atoms with Gasteiger partial charge in [-0.3, -0.25) is 9.89 Å². The van der Waals surface area contributed by atoms with Crippen molar-refractivity contribution in [3.05, 3.63) is 81.8 Å². The van der Waals surface area contributed by atoms with Crippen LogP contribution in [0.25, 0.3) is 11.3 Å². The molecule has 0 aliphatic carbocycles.